The van der Waals surface area contributed by atoms with E-state index >= 15 is 0 Å². The van der Waals surface area contributed by atoms with Crippen LogP contribution in [-0.4, -0.2) is 9.55 Å². The van der Waals surface area contributed by atoms with E-state index in [9.17, 15) is 0 Å². The molecule has 2 aromatic heterocycles. The summed E-state index contributed by atoms with van der Waals surface area (Å²) in [6.07, 6.45) is 5.86. The van der Waals surface area contributed by atoms with Gasteiger partial charge in [0.15, 0.2) is 0 Å². The lowest BCUT2D eigenvalue weighted by molar-refractivity contribution is 0.456. The van der Waals surface area contributed by atoms with Crippen molar-refractivity contribution < 1.29 is 0 Å². The second kappa shape index (κ2) is 6.35. The first-order chi connectivity index (χ1) is 9.08. The average Bonchev–Trinajstić information content (AvgIpc) is 2.97. The molecule has 0 aliphatic carbocycles. The molecule has 2 unspecified atom stereocenters. The second-order valence-corrected chi connectivity index (χ2v) is 6.63. The summed E-state index contributed by atoms with van der Waals surface area (Å²) in [6, 6.07) is 4.76. The molecular weight excluding hydrogens is 254 g/mol. The SMILES string of the molecule is CC(C)CC(N)c1cncn1C(C)Cc1cccs1. The fourth-order valence-electron chi connectivity index (χ4n) is 2.42. The second-order valence-electron chi connectivity index (χ2n) is 5.59. The molecule has 104 valence electrons. The third-order valence-electron chi connectivity index (χ3n) is 3.35. The molecule has 2 N–H and O–H groups in total. The molecule has 0 spiro atoms. The van der Waals surface area contributed by atoms with Crippen LogP contribution in [0.2, 0.25) is 0 Å². The standard InChI is InChI=1S/C15H23N3S/c1-11(2)7-14(16)15-9-17-10-18(15)12(3)8-13-5-4-6-19-13/h4-6,9-12,14H,7-8,16H2,1-3H3. The fraction of sp³-hybridized carbons (Fsp3) is 0.533. The van der Waals surface area contributed by atoms with Crippen molar-refractivity contribution in [2.24, 2.45) is 11.7 Å². The van der Waals surface area contributed by atoms with Gasteiger partial charge in [0.2, 0.25) is 0 Å². The predicted molar refractivity (Wildman–Crippen MR) is 81.3 cm³/mol. The van der Waals surface area contributed by atoms with Gasteiger partial charge in [0.25, 0.3) is 0 Å². The van der Waals surface area contributed by atoms with E-state index in [1.807, 2.05) is 23.9 Å². The van der Waals surface area contributed by atoms with Crippen LogP contribution in [0.3, 0.4) is 0 Å². The number of hydrogen-bond acceptors (Lipinski definition) is 3. The summed E-state index contributed by atoms with van der Waals surface area (Å²) in [5.74, 6) is 0.603. The number of thiophene rings is 1. The molecule has 0 aromatic carbocycles. The Labute approximate surface area is 119 Å². The Morgan fingerprint density at radius 2 is 2.16 bits per heavy atom. The first kappa shape index (κ1) is 14.3. The number of nitrogens with two attached hydrogens (primary N) is 1. The van der Waals surface area contributed by atoms with E-state index in [1.54, 1.807) is 0 Å². The van der Waals surface area contributed by atoms with E-state index in [0.29, 0.717) is 12.0 Å². The fourth-order valence-corrected chi connectivity index (χ4v) is 3.24. The molecule has 0 aliphatic heterocycles. The topological polar surface area (TPSA) is 43.8 Å². The molecule has 0 saturated heterocycles. The third-order valence-corrected chi connectivity index (χ3v) is 4.25. The Kier molecular flexibility index (Phi) is 4.77. The maximum absolute atomic E-state index is 6.29. The zero-order valence-electron chi connectivity index (χ0n) is 11.9. The Morgan fingerprint density at radius 1 is 1.37 bits per heavy atom. The van der Waals surface area contributed by atoms with Gasteiger partial charge in [0, 0.05) is 29.6 Å². The first-order valence-corrected chi connectivity index (χ1v) is 7.75. The van der Waals surface area contributed by atoms with E-state index in [1.165, 1.54) is 4.88 Å². The van der Waals surface area contributed by atoms with Crippen LogP contribution in [-0.2, 0) is 6.42 Å². The molecule has 0 aliphatic rings. The highest BCUT2D eigenvalue weighted by molar-refractivity contribution is 7.09. The van der Waals surface area contributed by atoms with Crippen molar-refractivity contribution in [2.75, 3.05) is 0 Å². The van der Waals surface area contributed by atoms with Crippen LogP contribution in [0.1, 0.15) is 49.8 Å². The van der Waals surface area contributed by atoms with E-state index in [0.717, 1.165) is 18.5 Å². The van der Waals surface area contributed by atoms with E-state index in [-0.39, 0.29) is 6.04 Å². The quantitative estimate of drug-likeness (QED) is 0.873. The van der Waals surface area contributed by atoms with E-state index < -0.39 is 0 Å². The Hall–Kier alpha value is -1.13. The number of hydrogen-bond donors (Lipinski definition) is 1. The predicted octanol–water partition coefficient (Wildman–Crippen LogP) is 3.79. The summed E-state index contributed by atoms with van der Waals surface area (Å²) in [6.45, 7) is 6.64. The maximum atomic E-state index is 6.29. The van der Waals surface area contributed by atoms with Crippen LogP contribution in [0.5, 0.6) is 0 Å². The zero-order chi connectivity index (χ0) is 13.8. The van der Waals surface area contributed by atoms with Crippen LogP contribution >= 0.6 is 11.3 Å². The van der Waals surface area contributed by atoms with Crippen LogP contribution in [0, 0.1) is 5.92 Å². The van der Waals surface area contributed by atoms with Crippen LogP contribution in [0.25, 0.3) is 0 Å². The summed E-state index contributed by atoms with van der Waals surface area (Å²) in [7, 11) is 0. The normalized spacial score (nSPS) is 14.8. The Balaban J connectivity index is 2.10. The number of nitrogens with zero attached hydrogens (tertiary/aromatic N) is 2. The lowest BCUT2D eigenvalue weighted by Crippen LogP contribution is -2.19. The lowest BCUT2D eigenvalue weighted by Gasteiger charge is -2.20. The molecule has 2 rings (SSSR count). The summed E-state index contributed by atoms with van der Waals surface area (Å²) in [4.78, 5) is 5.69. The van der Waals surface area contributed by atoms with Crippen molar-refractivity contribution in [3.8, 4) is 0 Å². The van der Waals surface area contributed by atoms with Gasteiger partial charge in [-0.05, 0) is 30.7 Å². The first-order valence-electron chi connectivity index (χ1n) is 6.87. The molecule has 0 amide bonds. The molecule has 0 fully saturated rings. The van der Waals surface area contributed by atoms with Crippen molar-refractivity contribution in [1.29, 1.82) is 0 Å². The molecule has 2 aromatic rings. The molecule has 0 bridgehead atoms. The molecule has 3 nitrogen and oxygen atoms in total. The average molecular weight is 277 g/mol. The Morgan fingerprint density at radius 3 is 2.79 bits per heavy atom. The van der Waals surface area contributed by atoms with Crippen molar-refractivity contribution in [3.63, 3.8) is 0 Å². The van der Waals surface area contributed by atoms with Gasteiger partial charge in [-0.15, -0.1) is 11.3 Å². The van der Waals surface area contributed by atoms with E-state index in [4.69, 9.17) is 5.73 Å². The summed E-state index contributed by atoms with van der Waals surface area (Å²) < 4.78 is 2.23. The van der Waals surface area contributed by atoms with Crippen LogP contribution in [0.4, 0.5) is 0 Å². The highest BCUT2D eigenvalue weighted by atomic mass is 32.1. The van der Waals surface area contributed by atoms with Crippen molar-refractivity contribution in [1.82, 2.24) is 9.55 Å². The van der Waals surface area contributed by atoms with Gasteiger partial charge in [-0.25, -0.2) is 4.98 Å². The molecule has 0 saturated carbocycles. The Bertz CT molecular complexity index is 487. The van der Waals surface area contributed by atoms with Gasteiger partial charge >= 0.3 is 0 Å². The highest BCUT2D eigenvalue weighted by Crippen LogP contribution is 2.24. The summed E-state index contributed by atoms with van der Waals surface area (Å²) in [5.41, 5.74) is 7.44. The van der Waals surface area contributed by atoms with Crippen molar-refractivity contribution >= 4 is 11.3 Å². The summed E-state index contributed by atoms with van der Waals surface area (Å²) in [5, 5.41) is 2.13. The smallest absolute Gasteiger partial charge is 0.0951 e. The van der Waals surface area contributed by atoms with Crippen LogP contribution < -0.4 is 5.73 Å². The molecule has 2 heterocycles. The summed E-state index contributed by atoms with van der Waals surface area (Å²) >= 11 is 1.81. The minimum atomic E-state index is 0.0771. The van der Waals surface area contributed by atoms with Gasteiger partial charge in [-0.1, -0.05) is 19.9 Å². The number of rotatable bonds is 6. The van der Waals surface area contributed by atoms with Gasteiger partial charge in [-0.3, -0.25) is 0 Å². The monoisotopic (exact) mass is 277 g/mol. The molecular formula is C15H23N3S. The molecule has 0 radical (unpaired) electrons. The molecule has 4 heteroatoms. The van der Waals surface area contributed by atoms with Gasteiger partial charge < -0.3 is 10.3 Å². The number of aromatic nitrogens is 2. The van der Waals surface area contributed by atoms with E-state index in [2.05, 4.69) is 47.8 Å². The largest absolute Gasteiger partial charge is 0.330 e. The van der Waals surface area contributed by atoms with Crippen LogP contribution in [0.15, 0.2) is 30.0 Å². The molecule has 2 atom stereocenters. The van der Waals surface area contributed by atoms with Gasteiger partial charge in [0.05, 0.1) is 12.0 Å². The third kappa shape index (κ3) is 3.67. The molecule has 19 heavy (non-hydrogen) atoms. The lowest BCUT2D eigenvalue weighted by atomic mass is 10.0. The highest BCUT2D eigenvalue weighted by Gasteiger charge is 2.16. The van der Waals surface area contributed by atoms with Gasteiger partial charge in [-0.2, -0.15) is 0 Å². The zero-order valence-corrected chi connectivity index (χ0v) is 12.7. The minimum absolute atomic E-state index is 0.0771. The van der Waals surface area contributed by atoms with Crippen molar-refractivity contribution in [3.05, 3.63) is 40.6 Å². The maximum Gasteiger partial charge on any atom is 0.0951 e. The van der Waals surface area contributed by atoms with Crippen molar-refractivity contribution in [2.45, 2.75) is 45.7 Å². The van der Waals surface area contributed by atoms with Gasteiger partial charge in [0.1, 0.15) is 0 Å². The number of imidazole rings is 1. The minimum Gasteiger partial charge on any atom is -0.330 e.